The molecule has 0 fully saturated rings. The molecule has 0 unspecified atom stereocenters. The third-order valence-electron chi connectivity index (χ3n) is 3.36. The van der Waals surface area contributed by atoms with Crippen molar-refractivity contribution in [3.8, 4) is 5.75 Å². The predicted molar refractivity (Wildman–Crippen MR) is 86.3 cm³/mol. The van der Waals surface area contributed by atoms with Gasteiger partial charge in [-0.15, -0.1) is 0 Å². The summed E-state index contributed by atoms with van der Waals surface area (Å²) in [6, 6.07) is 8.21. The highest BCUT2D eigenvalue weighted by Crippen LogP contribution is 2.35. The molecule has 2 heterocycles. The molecule has 2 aromatic rings. The Labute approximate surface area is 134 Å². The van der Waals surface area contributed by atoms with E-state index < -0.39 is 10.0 Å². The van der Waals surface area contributed by atoms with Crippen molar-refractivity contribution in [1.29, 1.82) is 0 Å². The van der Waals surface area contributed by atoms with Crippen LogP contribution in [0.5, 0.6) is 5.75 Å². The summed E-state index contributed by atoms with van der Waals surface area (Å²) >= 11 is 0. The normalized spacial score (nSPS) is 13.9. The molecule has 0 aliphatic carbocycles. The lowest BCUT2D eigenvalue weighted by atomic mass is 10.2. The van der Waals surface area contributed by atoms with Crippen molar-refractivity contribution in [3.05, 3.63) is 48.3 Å². The van der Waals surface area contributed by atoms with E-state index in [0.717, 1.165) is 6.26 Å². The van der Waals surface area contributed by atoms with Crippen LogP contribution in [-0.4, -0.2) is 38.7 Å². The summed E-state index contributed by atoms with van der Waals surface area (Å²) in [7, 11) is -3.41. The summed E-state index contributed by atoms with van der Waals surface area (Å²) in [6.45, 7) is 0.535. The van der Waals surface area contributed by atoms with Crippen LogP contribution in [0.1, 0.15) is 10.4 Å². The predicted octanol–water partition coefficient (Wildman–Crippen LogP) is 1.49. The molecular weight excluding hydrogens is 318 g/mol. The van der Waals surface area contributed by atoms with Crippen LogP contribution < -0.4 is 14.4 Å². The number of rotatable bonds is 3. The number of nitrogens with one attached hydrogen (secondary N) is 1. The maximum Gasteiger partial charge on any atom is 0.257 e. The first kappa shape index (κ1) is 15.3. The molecule has 1 N–H and O–H groups in total. The Bertz CT molecular complexity index is 837. The molecule has 23 heavy (non-hydrogen) atoms. The number of benzene rings is 1. The van der Waals surface area contributed by atoms with Gasteiger partial charge >= 0.3 is 0 Å². The van der Waals surface area contributed by atoms with E-state index in [-0.39, 0.29) is 12.5 Å². The third kappa shape index (κ3) is 3.26. The minimum Gasteiger partial charge on any atom is -0.489 e. The van der Waals surface area contributed by atoms with Crippen molar-refractivity contribution >= 4 is 27.3 Å². The van der Waals surface area contributed by atoms with Gasteiger partial charge in [0, 0.05) is 18.1 Å². The number of aromatic nitrogens is 1. The molecule has 1 aromatic heterocycles. The lowest BCUT2D eigenvalue weighted by molar-refractivity contribution is 0.102. The van der Waals surface area contributed by atoms with Crippen molar-refractivity contribution in [3.63, 3.8) is 0 Å². The highest BCUT2D eigenvalue weighted by atomic mass is 32.2. The molecule has 3 rings (SSSR count). The molecule has 0 saturated carbocycles. The van der Waals surface area contributed by atoms with E-state index >= 15 is 0 Å². The average Bonchev–Trinajstić information content (AvgIpc) is 2.54. The van der Waals surface area contributed by atoms with Crippen LogP contribution in [-0.2, 0) is 10.0 Å². The molecular formula is C15H15N3O4S. The van der Waals surface area contributed by atoms with Gasteiger partial charge in [-0.2, -0.15) is 0 Å². The van der Waals surface area contributed by atoms with E-state index in [4.69, 9.17) is 4.74 Å². The van der Waals surface area contributed by atoms with Gasteiger partial charge in [0.05, 0.1) is 24.1 Å². The number of fused-ring (bicyclic) bond motifs is 1. The van der Waals surface area contributed by atoms with E-state index in [1.807, 2.05) is 0 Å². The number of carbonyl (C=O) groups is 1. The van der Waals surface area contributed by atoms with Crippen LogP contribution in [0.15, 0.2) is 42.7 Å². The number of pyridine rings is 1. The summed E-state index contributed by atoms with van der Waals surface area (Å²) in [5.41, 5.74) is 1.32. The van der Waals surface area contributed by atoms with Crippen LogP contribution >= 0.6 is 0 Å². The van der Waals surface area contributed by atoms with E-state index in [1.54, 1.807) is 36.5 Å². The molecule has 7 nitrogen and oxygen atoms in total. The zero-order valence-corrected chi connectivity index (χ0v) is 13.2. The van der Waals surface area contributed by atoms with Crippen molar-refractivity contribution < 1.29 is 17.9 Å². The Hall–Kier alpha value is -2.61. The largest absolute Gasteiger partial charge is 0.489 e. The Morgan fingerprint density at radius 2 is 2.17 bits per heavy atom. The van der Waals surface area contributed by atoms with Crippen molar-refractivity contribution in [1.82, 2.24) is 4.98 Å². The zero-order valence-electron chi connectivity index (χ0n) is 12.4. The Kier molecular flexibility index (Phi) is 3.91. The summed E-state index contributed by atoms with van der Waals surface area (Å²) < 4.78 is 30.5. The van der Waals surface area contributed by atoms with Crippen LogP contribution in [0.3, 0.4) is 0 Å². The van der Waals surface area contributed by atoms with E-state index in [2.05, 4.69) is 10.3 Å². The molecule has 0 atom stereocenters. The van der Waals surface area contributed by atoms with Crippen molar-refractivity contribution in [2.45, 2.75) is 0 Å². The number of carbonyl (C=O) groups excluding carboxylic acids is 1. The van der Waals surface area contributed by atoms with Gasteiger partial charge in [0.15, 0.2) is 0 Å². The van der Waals surface area contributed by atoms with Gasteiger partial charge < -0.3 is 10.1 Å². The molecule has 8 heteroatoms. The molecule has 1 aliphatic rings. The van der Waals surface area contributed by atoms with Gasteiger partial charge in [-0.05, 0) is 30.3 Å². The maximum atomic E-state index is 12.1. The fourth-order valence-electron chi connectivity index (χ4n) is 2.32. The summed E-state index contributed by atoms with van der Waals surface area (Å²) in [4.78, 5) is 16.0. The first-order chi connectivity index (χ1) is 10.9. The van der Waals surface area contributed by atoms with Crippen molar-refractivity contribution in [2.75, 3.05) is 29.0 Å². The highest BCUT2D eigenvalue weighted by Gasteiger charge is 2.25. The topological polar surface area (TPSA) is 88.6 Å². The van der Waals surface area contributed by atoms with Gasteiger partial charge in [0.1, 0.15) is 12.4 Å². The molecule has 0 saturated heterocycles. The van der Waals surface area contributed by atoms with Gasteiger partial charge in [-0.1, -0.05) is 0 Å². The third-order valence-corrected chi connectivity index (χ3v) is 4.54. The highest BCUT2D eigenvalue weighted by molar-refractivity contribution is 7.92. The average molecular weight is 333 g/mol. The minimum atomic E-state index is -3.41. The first-order valence-corrected chi connectivity index (χ1v) is 8.76. The van der Waals surface area contributed by atoms with Gasteiger partial charge in [0.2, 0.25) is 10.0 Å². The molecule has 0 bridgehead atoms. The monoisotopic (exact) mass is 333 g/mol. The minimum absolute atomic E-state index is 0.242. The maximum absolute atomic E-state index is 12.1. The van der Waals surface area contributed by atoms with Crippen LogP contribution in [0, 0.1) is 0 Å². The van der Waals surface area contributed by atoms with Crippen LogP contribution in [0.2, 0.25) is 0 Å². The molecule has 1 amide bonds. The fraction of sp³-hybridized carbons (Fsp3) is 0.200. The number of hydrogen-bond acceptors (Lipinski definition) is 5. The summed E-state index contributed by atoms with van der Waals surface area (Å²) in [5.74, 6) is 0.154. The lowest BCUT2D eigenvalue weighted by Crippen LogP contribution is -2.37. The molecule has 1 aromatic carbocycles. The number of amides is 1. The van der Waals surface area contributed by atoms with E-state index in [9.17, 15) is 13.2 Å². The Balaban J connectivity index is 1.90. The lowest BCUT2D eigenvalue weighted by Gasteiger charge is -2.29. The quantitative estimate of drug-likeness (QED) is 0.919. The SMILES string of the molecule is CS(=O)(=O)N1CCOc2ccc(NC(=O)c3cccnc3)cc21. The fourth-order valence-corrected chi connectivity index (χ4v) is 3.22. The number of anilines is 2. The second-order valence-corrected chi connectivity index (χ2v) is 6.97. The van der Waals surface area contributed by atoms with Crippen LogP contribution in [0.4, 0.5) is 11.4 Å². The second-order valence-electron chi connectivity index (χ2n) is 5.06. The molecule has 0 radical (unpaired) electrons. The second kappa shape index (κ2) is 5.88. The zero-order chi connectivity index (χ0) is 16.4. The summed E-state index contributed by atoms with van der Waals surface area (Å²) in [6.07, 6.45) is 4.18. The van der Waals surface area contributed by atoms with E-state index in [0.29, 0.717) is 29.3 Å². The van der Waals surface area contributed by atoms with E-state index in [1.165, 1.54) is 10.5 Å². The number of sulfonamides is 1. The molecule has 120 valence electrons. The van der Waals surface area contributed by atoms with Gasteiger partial charge in [-0.3, -0.25) is 14.1 Å². The van der Waals surface area contributed by atoms with Crippen LogP contribution in [0.25, 0.3) is 0 Å². The first-order valence-electron chi connectivity index (χ1n) is 6.91. The molecule has 0 spiro atoms. The van der Waals surface area contributed by atoms with Crippen molar-refractivity contribution in [2.24, 2.45) is 0 Å². The number of ether oxygens (including phenoxy) is 1. The Morgan fingerprint density at radius 1 is 1.35 bits per heavy atom. The standard InChI is InChI=1S/C15H15N3O4S/c1-23(20,21)18-7-8-22-14-5-4-12(9-13(14)18)17-15(19)11-3-2-6-16-10-11/h2-6,9-10H,7-8H2,1H3,(H,17,19). The number of hydrogen-bond donors (Lipinski definition) is 1. The Morgan fingerprint density at radius 3 is 2.87 bits per heavy atom. The summed E-state index contributed by atoms with van der Waals surface area (Å²) in [5, 5.41) is 2.72. The van der Waals surface area contributed by atoms with Gasteiger partial charge in [0.25, 0.3) is 5.91 Å². The van der Waals surface area contributed by atoms with Gasteiger partial charge in [-0.25, -0.2) is 8.42 Å². The smallest absolute Gasteiger partial charge is 0.257 e. The number of nitrogens with zero attached hydrogens (tertiary/aromatic N) is 2. The molecule has 1 aliphatic heterocycles.